The first kappa shape index (κ1) is 12.0. The van der Waals surface area contributed by atoms with Crippen molar-refractivity contribution < 1.29 is 9.13 Å². The number of halogens is 1. The monoisotopic (exact) mass is 211 g/mol. The van der Waals surface area contributed by atoms with E-state index in [1.54, 1.807) is 0 Å². The van der Waals surface area contributed by atoms with Gasteiger partial charge in [-0.1, -0.05) is 19.1 Å². The average Bonchev–Trinajstić information content (AvgIpc) is 2.27. The first-order valence-corrected chi connectivity index (χ1v) is 5.30. The van der Waals surface area contributed by atoms with E-state index in [1.165, 1.54) is 5.56 Å². The standard InChI is InChI=1S/C12H18FNO/c1-3-14-10(2)11-4-6-12(7-5-11)15-9-8-13/h4-7,10,14H,3,8-9H2,1-2H3. The smallest absolute Gasteiger partial charge is 0.123 e. The summed E-state index contributed by atoms with van der Waals surface area (Å²) in [4.78, 5) is 0. The lowest BCUT2D eigenvalue weighted by molar-refractivity contribution is 0.273. The molecule has 1 unspecified atom stereocenters. The van der Waals surface area contributed by atoms with Gasteiger partial charge in [0.15, 0.2) is 0 Å². The van der Waals surface area contributed by atoms with Gasteiger partial charge in [0.25, 0.3) is 0 Å². The normalized spacial score (nSPS) is 12.5. The minimum atomic E-state index is -0.449. The maximum absolute atomic E-state index is 11.9. The van der Waals surface area contributed by atoms with E-state index < -0.39 is 6.67 Å². The summed E-state index contributed by atoms with van der Waals surface area (Å²) in [5.74, 6) is 0.722. The molecule has 3 heteroatoms. The Balaban J connectivity index is 2.55. The molecule has 15 heavy (non-hydrogen) atoms. The highest BCUT2D eigenvalue weighted by molar-refractivity contribution is 5.28. The molecule has 84 valence electrons. The van der Waals surface area contributed by atoms with E-state index in [1.807, 2.05) is 24.3 Å². The highest BCUT2D eigenvalue weighted by atomic mass is 19.1. The SMILES string of the molecule is CCNC(C)c1ccc(OCCF)cc1. The van der Waals surface area contributed by atoms with Gasteiger partial charge in [-0.05, 0) is 31.2 Å². The number of benzene rings is 1. The first-order valence-electron chi connectivity index (χ1n) is 5.30. The number of alkyl halides is 1. The fourth-order valence-electron chi connectivity index (χ4n) is 1.43. The van der Waals surface area contributed by atoms with Crippen LogP contribution in [0.5, 0.6) is 5.75 Å². The summed E-state index contributed by atoms with van der Waals surface area (Å²) in [5, 5.41) is 3.32. The number of nitrogens with one attached hydrogen (secondary N) is 1. The summed E-state index contributed by atoms with van der Waals surface area (Å²) in [6.45, 7) is 4.81. The second kappa shape index (κ2) is 6.40. The lowest BCUT2D eigenvalue weighted by atomic mass is 10.1. The first-order chi connectivity index (χ1) is 7.27. The molecule has 0 aromatic heterocycles. The van der Waals surface area contributed by atoms with Crippen LogP contribution in [0.3, 0.4) is 0 Å². The molecule has 1 rings (SSSR count). The van der Waals surface area contributed by atoms with Crippen molar-refractivity contribution in [2.24, 2.45) is 0 Å². The van der Waals surface area contributed by atoms with Crippen LogP contribution in [-0.4, -0.2) is 19.8 Å². The van der Waals surface area contributed by atoms with E-state index in [0.29, 0.717) is 6.04 Å². The van der Waals surface area contributed by atoms with Crippen molar-refractivity contribution in [3.63, 3.8) is 0 Å². The van der Waals surface area contributed by atoms with Crippen LogP contribution in [0.2, 0.25) is 0 Å². The Bertz CT molecular complexity index is 273. The van der Waals surface area contributed by atoms with Gasteiger partial charge in [-0.15, -0.1) is 0 Å². The van der Waals surface area contributed by atoms with Gasteiger partial charge in [0.1, 0.15) is 19.0 Å². The predicted molar refractivity (Wildman–Crippen MR) is 60.0 cm³/mol. The average molecular weight is 211 g/mol. The molecule has 1 aromatic rings. The molecule has 0 saturated heterocycles. The van der Waals surface area contributed by atoms with E-state index in [-0.39, 0.29) is 6.61 Å². The van der Waals surface area contributed by atoms with Gasteiger partial charge >= 0.3 is 0 Å². The molecule has 1 atom stereocenters. The van der Waals surface area contributed by atoms with Crippen molar-refractivity contribution in [2.75, 3.05) is 19.8 Å². The highest BCUT2D eigenvalue weighted by Crippen LogP contribution is 2.17. The molecule has 2 nitrogen and oxygen atoms in total. The maximum atomic E-state index is 11.9. The van der Waals surface area contributed by atoms with E-state index in [9.17, 15) is 4.39 Å². The third-order valence-corrected chi connectivity index (χ3v) is 2.24. The van der Waals surface area contributed by atoms with Crippen molar-refractivity contribution in [2.45, 2.75) is 19.9 Å². The zero-order valence-electron chi connectivity index (χ0n) is 9.29. The molecule has 0 amide bonds. The fourth-order valence-corrected chi connectivity index (χ4v) is 1.43. The molecule has 0 aliphatic heterocycles. The van der Waals surface area contributed by atoms with Gasteiger partial charge in [0.05, 0.1) is 0 Å². The molecule has 1 aromatic carbocycles. The number of rotatable bonds is 6. The van der Waals surface area contributed by atoms with Gasteiger partial charge < -0.3 is 10.1 Å². The van der Waals surface area contributed by atoms with Crippen molar-refractivity contribution in [3.8, 4) is 5.75 Å². The molecular weight excluding hydrogens is 193 g/mol. The molecule has 0 aliphatic carbocycles. The fraction of sp³-hybridized carbons (Fsp3) is 0.500. The molecule has 0 spiro atoms. The molecule has 0 saturated carbocycles. The minimum absolute atomic E-state index is 0.127. The van der Waals surface area contributed by atoms with E-state index in [2.05, 4.69) is 19.2 Å². The lowest BCUT2D eigenvalue weighted by Gasteiger charge is -2.13. The van der Waals surface area contributed by atoms with Gasteiger partial charge in [-0.2, -0.15) is 0 Å². The van der Waals surface area contributed by atoms with E-state index in [0.717, 1.165) is 12.3 Å². The Labute approximate surface area is 90.4 Å². The van der Waals surface area contributed by atoms with Gasteiger partial charge in [0.2, 0.25) is 0 Å². The third kappa shape index (κ3) is 3.88. The Morgan fingerprint density at radius 2 is 2.00 bits per heavy atom. The second-order valence-corrected chi connectivity index (χ2v) is 3.39. The summed E-state index contributed by atoms with van der Waals surface area (Å²) in [6, 6.07) is 8.09. The Morgan fingerprint density at radius 3 is 2.53 bits per heavy atom. The van der Waals surface area contributed by atoms with Gasteiger partial charge in [-0.25, -0.2) is 4.39 Å². The number of hydrogen-bond donors (Lipinski definition) is 1. The Hall–Kier alpha value is -1.09. The molecule has 0 radical (unpaired) electrons. The molecule has 0 fully saturated rings. The van der Waals surface area contributed by atoms with Crippen LogP contribution in [0.25, 0.3) is 0 Å². The highest BCUT2D eigenvalue weighted by Gasteiger charge is 2.03. The van der Waals surface area contributed by atoms with Gasteiger partial charge in [0, 0.05) is 6.04 Å². The Morgan fingerprint density at radius 1 is 1.33 bits per heavy atom. The second-order valence-electron chi connectivity index (χ2n) is 3.39. The summed E-state index contributed by atoms with van der Waals surface area (Å²) in [7, 11) is 0. The van der Waals surface area contributed by atoms with Crippen LogP contribution >= 0.6 is 0 Å². The summed E-state index contributed by atoms with van der Waals surface area (Å²) < 4.78 is 17.0. The summed E-state index contributed by atoms with van der Waals surface area (Å²) in [6.07, 6.45) is 0. The number of hydrogen-bond acceptors (Lipinski definition) is 2. The zero-order valence-corrected chi connectivity index (χ0v) is 9.29. The molecular formula is C12H18FNO. The zero-order chi connectivity index (χ0) is 11.1. The summed E-state index contributed by atoms with van der Waals surface area (Å²) in [5.41, 5.74) is 1.21. The Kier molecular flexibility index (Phi) is 5.12. The topological polar surface area (TPSA) is 21.3 Å². The maximum Gasteiger partial charge on any atom is 0.123 e. The van der Waals surface area contributed by atoms with Crippen molar-refractivity contribution >= 4 is 0 Å². The van der Waals surface area contributed by atoms with E-state index >= 15 is 0 Å². The largest absolute Gasteiger partial charge is 0.491 e. The summed E-state index contributed by atoms with van der Waals surface area (Å²) >= 11 is 0. The third-order valence-electron chi connectivity index (χ3n) is 2.24. The quantitative estimate of drug-likeness (QED) is 0.781. The van der Waals surface area contributed by atoms with E-state index in [4.69, 9.17) is 4.74 Å². The minimum Gasteiger partial charge on any atom is -0.491 e. The lowest BCUT2D eigenvalue weighted by Crippen LogP contribution is -2.17. The molecule has 0 bridgehead atoms. The van der Waals surface area contributed by atoms with Crippen LogP contribution in [0.1, 0.15) is 25.5 Å². The molecule has 1 N–H and O–H groups in total. The number of ether oxygens (including phenoxy) is 1. The van der Waals surface area contributed by atoms with Crippen molar-refractivity contribution in [1.29, 1.82) is 0 Å². The van der Waals surface area contributed by atoms with Gasteiger partial charge in [-0.3, -0.25) is 0 Å². The van der Waals surface area contributed by atoms with Crippen LogP contribution in [0, 0.1) is 0 Å². The van der Waals surface area contributed by atoms with Crippen LogP contribution in [0.4, 0.5) is 4.39 Å². The van der Waals surface area contributed by atoms with Crippen LogP contribution in [-0.2, 0) is 0 Å². The molecule has 0 heterocycles. The van der Waals surface area contributed by atoms with Crippen molar-refractivity contribution in [3.05, 3.63) is 29.8 Å². The molecule has 0 aliphatic rings. The predicted octanol–water partition coefficient (Wildman–Crippen LogP) is 2.71. The van der Waals surface area contributed by atoms with Crippen LogP contribution < -0.4 is 10.1 Å². The van der Waals surface area contributed by atoms with Crippen molar-refractivity contribution in [1.82, 2.24) is 5.32 Å². The van der Waals surface area contributed by atoms with Crippen LogP contribution in [0.15, 0.2) is 24.3 Å².